The van der Waals surface area contributed by atoms with Crippen LogP contribution in [-0.2, 0) is 9.53 Å². The molecule has 0 bridgehead atoms. The number of nitrogens with zero attached hydrogens (tertiary/aromatic N) is 1. The number of carbonyl (C=O) groups is 1. The molecule has 5 heteroatoms. The van der Waals surface area contributed by atoms with Crippen molar-refractivity contribution in [1.82, 2.24) is 10.2 Å². The number of rotatable bonds is 3. The van der Waals surface area contributed by atoms with Crippen LogP contribution >= 0.6 is 0 Å². The van der Waals surface area contributed by atoms with Crippen LogP contribution in [0.2, 0.25) is 0 Å². The van der Waals surface area contributed by atoms with Crippen molar-refractivity contribution in [3.8, 4) is 0 Å². The highest BCUT2D eigenvalue weighted by Gasteiger charge is 2.41. The zero-order chi connectivity index (χ0) is 14.6. The Morgan fingerprint density at radius 2 is 1.95 bits per heavy atom. The van der Waals surface area contributed by atoms with E-state index in [4.69, 9.17) is 4.74 Å². The lowest BCUT2D eigenvalue weighted by Gasteiger charge is -2.42. The van der Waals surface area contributed by atoms with Crippen molar-refractivity contribution in [3.05, 3.63) is 0 Å². The van der Waals surface area contributed by atoms with Gasteiger partial charge in [0.15, 0.2) is 5.60 Å². The number of β-amino-alcohol motifs (C(OH)–C–C–N with tert-alkyl or cyclic N) is 1. The predicted molar refractivity (Wildman–Crippen MR) is 77.5 cm³/mol. The summed E-state index contributed by atoms with van der Waals surface area (Å²) in [5, 5.41) is 13.5. The number of morpholine rings is 1. The number of likely N-dealkylation sites (N-methyl/N-ethyl adjacent to an activating group) is 1. The summed E-state index contributed by atoms with van der Waals surface area (Å²) in [6, 6.07) is 0. The van der Waals surface area contributed by atoms with Gasteiger partial charge in [-0.2, -0.15) is 0 Å². The monoisotopic (exact) mass is 284 g/mol. The summed E-state index contributed by atoms with van der Waals surface area (Å²) in [5.41, 5.74) is -1.38. The van der Waals surface area contributed by atoms with Crippen LogP contribution in [0.15, 0.2) is 0 Å². The summed E-state index contributed by atoms with van der Waals surface area (Å²) in [4.78, 5) is 14.1. The molecule has 1 atom stereocenters. The first-order valence-corrected chi connectivity index (χ1v) is 7.78. The third-order valence-electron chi connectivity index (χ3n) is 4.61. The molecule has 1 heterocycles. The zero-order valence-electron chi connectivity index (χ0n) is 12.8. The lowest BCUT2D eigenvalue weighted by Crippen LogP contribution is -2.59. The second-order valence-electron chi connectivity index (χ2n) is 6.51. The van der Waals surface area contributed by atoms with Gasteiger partial charge in [0.1, 0.15) is 0 Å². The Balaban J connectivity index is 1.96. The number of amides is 1. The van der Waals surface area contributed by atoms with E-state index in [2.05, 4.69) is 10.2 Å². The Hall–Kier alpha value is -0.650. The minimum Gasteiger partial charge on any atom is -0.389 e. The fraction of sp³-hybridized carbons (Fsp3) is 0.933. The molecule has 1 aliphatic carbocycles. The second kappa shape index (κ2) is 6.41. The molecule has 1 saturated heterocycles. The van der Waals surface area contributed by atoms with Crippen LogP contribution in [0, 0.1) is 0 Å². The van der Waals surface area contributed by atoms with Gasteiger partial charge in [0.05, 0.1) is 12.2 Å². The van der Waals surface area contributed by atoms with Crippen LogP contribution in [0.25, 0.3) is 0 Å². The molecule has 2 fully saturated rings. The lowest BCUT2D eigenvalue weighted by atomic mass is 9.92. The molecule has 0 spiro atoms. The second-order valence-corrected chi connectivity index (χ2v) is 6.51. The molecular weight excluding hydrogens is 256 g/mol. The van der Waals surface area contributed by atoms with Crippen LogP contribution < -0.4 is 5.32 Å². The summed E-state index contributed by atoms with van der Waals surface area (Å²) in [5.74, 6) is -0.0879. The molecule has 116 valence electrons. The molecule has 0 unspecified atom stereocenters. The van der Waals surface area contributed by atoms with Crippen molar-refractivity contribution < 1.29 is 14.6 Å². The van der Waals surface area contributed by atoms with E-state index in [1.54, 1.807) is 7.05 Å². The molecule has 0 aromatic rings. The molecule has 2 rings (SSSR count). The van der Waals surface area contributed by atoms with Gasteiger partial charge < -0.3 is 15.2 Å². The average molecular weight is 284 g/mol. The van der Waals surface area contributed by atoms with Crippen LogP contribution in [0.4, 0.5) is 0 Å². The maximum absolute atomic E-state index is 11.9. The highest BCUT2D eigenvalue weighted by Crippen LogP contribution is 2.29. The standard InChI is InChI=1S/C15H28N2O3/c1-14(13(18)16-2)11-17(9-10-20-14)12-15(19)7-5-3-4-6-8-15/h19H,3-12H2,1-2H3,(H,16,18)/t14-/m1/s1. The van der Waals surface area contributed by atoms with E-state index in [1.165, 1.54) is 12.8 Å². The van der Waals surface area contributed by atoms with Crippen molar-refractivity contribution in [2.45, 2.75) is 56.7 Å². The Kier molecular flexibility index (Phi) is 5.04. The molecular formula is C15H28N2O3. The van der Waals surface area contributed by atoms with E-state index in [9.17, 15) is 9.90 Å². The maximum Gasteiger partial charge on any atom is 0.253 e. The van der Waals surface area contributed by atoms with Gasteiger partial charge in [-0.3, -0.25) is 9.69 Å². The van der Waals surface area contributed by atoms with Gasteiger partial charge in [-0.15, -0.1) is 0 Å². The van der Waals surface area contributed by atoms with E-state index in [0.717, 1.165) is 32.2 Å². The van der Waals surface area contributed by atoms with Crippen LogP contribution in [0.3, 0.4) is 0 Å². The molecule has 1 saturated carbocycles. The largest absolute Gasteiger partial charge is 0.389 e. The molecule has 0 aromatic heterocycles. The van der Waals surface area contributed by atoms with Crippen molar-refractivity contribution in [2.75, 3.05) is 33.3 Å². The number of nitrogens with one attached hydrogen (secondary N) is 1. The number of ether oxygens (including phenoxy) is 1. The molecule has 2 N–H and O–H groups in total. The highest BCUT2D eigenvalue weighted by molar-refractivity contribution is 5.84. The Morgan fingerprint density at radius 3 is 2.55 bits per heavy atom. The number of aliphatic hydroxyl groups is 1. The summed E-state index contributed by atoms with van der Waals surface area (Å²) in [6.07, 6.45) is 6.41. The molecule has 0 aromatic carbocycles. The van der Waals surface area contributed by atoms with Crippen LogP contribution in [0.1, 0.15) is 45.4 Å². The maximum atomic E-state index is 11.9. The molecule has 20 heavy (non-hydrogen) atoms. The molecule has 0 radical (unpaired) electrons. The Labute approximate surface area is 121 Å². The summed E-state index contributed by atoms with van der Waals surface area (Å²) in [7, 11) is 1.63. The first-order chi connectivity index (χ1) is 9.47. The van der Waals surface area contributed by atoms with E-state index in [1.807, 2.05) is 6.92 Å². The van der Waals surface area contributed by atoms with Gasteiger partial charge in [-0.05, 0) is 19.8 Å². The van der Waals surface area contributed by atoms with Crippen molar-refractivity contribution in [2.24, 2.45) is 0 Å². The average Bonchev–Trinajstić information content (AvgIpc) is 2.62. The van der Waals surface area contributed by atoms with Crippen LogP contribution in [-0.4, -0.2) is 60.4 Å². The fourth-order valence-corrected chi connectivity index (χ4v) is 3.45. The third kappa shape index (κ3) is 3.71. The van der Waals surface area contributed by atoms with Gasteiger partial charge in [0.2, 0.25) is 0 Å². The minimum absolute atomic E-state index is 0.0879. The van der Waals surface area contributed by atoms with Gasteiger partial charge in [-0.1, -0.05) is 25.7 Å². The van der Waals surface area contributed by atoms with E-state index in [-0.39, 0.29) is 5.91 Å². The van der Waals surface area contributed by atoms with Crippen molar-refractivity contribution >= 4 is 5.91 Å². The van der Waals surface area contributed by atoms with Gasteiger partial charge in [0.25, 0.3) is 5.91 Å². The van der Waals surface area contributed by atoms with Crippen molar-refractivity contribution in [3.63, 3.8) is 0 Å². The van der Waals surface area contributed by atoms with Crippen LogP contribution in [0.5, 0.6) is 0 Å². The van der Waals surface area contributed by atoms with Gasteiger partial charge in [0, 0.05) is 26.7 Å². The topological polar surface area (TPSA) is 61.8 Å². The van der Waals surface area contributed by atoms with E-state index < -0.39 is 11.2 Å². The number of carbonyl (C=O) groups excluding carboxylic acids is 1. The first-order valence-electron chi connectivity index (χ1n) is 7.78. The summed E-state index contributed by atoms with van der Waals surface area (Å²) in [6.45, 7) is 4.36. The smallest absolute Gasteiger partial charge is 0.253 e. The van der Waals surface area contributed by atoms with Crippen molar-refractivity contribution in [1.29, 1.82) is 0 Å². The Bertz CT molecular complexity index is 340. The predicted octanol–water partition coefficient (Wildman–Crippen LogP) is 0.909. The van der Waals surface area contributed by atoms with E-state index >= 15 is 0 Å². The molecule has 2 aliphatic rings. The summed E-state index contributed by atoms with van der Waals surface area (Å²) < 4.78 is 5.66. The number of hydrogen-bond donors (Lipinski definition) is 2. The summed E-state index contributed by atoms with van der Waals surface area (Å²) >= 11 is 0. The molecule has 1 aliphatic heterocycles. The van der Waals surface area contributed by atoms with Gasteiger partial charge in [-0.25, -0.2) is 0 Å². The zero-order valence-corrected chi connectivity index (χ0v) is 12.8. The Morgan fingerprint density at radius 1 is 1.30 bits per heavy atom. The number of hydrogen-bond acceptors (Lipinski definition) is 4. The normalized spacial score (nSPS) is 31.6. The minimum atomic E-state index is -0.798. The fourth-order valence-electron chi connectivity index (χ4n) is 3.45. The quantitative estimate of drug-likeness (QED) is 0.756. The highest BCUT2D eigenvalue weighted by atomic mass is 16.5. The SMILES string of the molecule is CNC(=O)[C@@]1(C)CN(CC2(O)CCCCCC2)CCO1. The van der Waals surface area contributed by atoms with E-state index in [0.29, 0.717) is 19.7 Å². The molecule has 1 amide bonds. The lowest BCUT2D eigenvalue weighted by molar-refractivity contribution is -0.159. The third-order valence-corrected chi connectivity index (χ3v) is 4.61. The first kappa shape index (κ1) is 15.7. The molecule has 5 nitrogen and oxygen atoms in total. The van der Waals surface area contributed by atoms with Gasteiger partial charge >= 0.3 is 0 Å².